The van der Waals surface area contributed by atoms with Crippen molar-refractivity contribution in [2.45, 2.75) is 13.2 Å². The van der Waals surface area contributed by atoms with Gasteiger partial charge in [0.1, 0.15) is 17.0 Å². The number of fused-ring (bicyclic) bond motifs is 1. The van der Waals surface area contributed by atoms with Crippen molar-refractivity contribution in [3.05, 3.63) is 60.7 Å². The first kappa shape index (κ1) is 16.7. The molecular weight excluding hydrogens is 322 g/mol. The molecule has 0 amide bonds. The molecule has 7 heteroatoms. The monoisotopic (exact) mass is 339 g/mol. The molecule has 2 aromatic carbocycles. The Balaban J connectivity index is 1.79. The summed E-state index contributed by atoms with van der Waals surface area (Å²) in [6, 6.07) is 14.8. The Labute approximate surface area is 144 Å². The van der Waals surface area contributed by atoms with Crippen molar-refractivity contribution in [3.63, 3.8) is 0 Å². The molecule has 0 fully saturated rings. The van der Waals surface area contributed by atoms with E-state index in [0.29, 0.717) is 11.4 Å². The first-order valence-corrected chi connectivity index (χ1v) is 7.73. The molecule has 1 unspecified atom stereocenters. The van der Waals surface area contributed by atoms with E-state index in [1.54, 1.807) is 23.7 Å². The molecule has 0 aliphatic carbocycles. The van der Waals surface area contributed by atoms with Crippen LogP contribution < -0.4 is 4.74 Å². The van der Waals surface area contributed by atoms with Crippen LogP contribution in [0.5, 0.6) is 5.75 Å². The van der Waals surface area contributed by atoms with E-state index in [1.165, 1.54) is 12.2 Å². The molecule has 0 saturated heterocycles. The number of nitrogens with zero attached hydrogens (tertiary/aromatic N) is 3. The number of hydrogen-bond acceptors (Lipinski definition) is 6. The van der Waals surface area contributed by atoms with Gasteiger partial charge in [-0.2, -0.15) is 0 Å². The predicted molar refractivity (Wildman–Crippen MR) is 91.3 cm³/mol. The molecule has 1 N–H and O–H groups in total. The number of carbonyl (C=O) groups is 1. The van der Waals surface area contributed by atoms with Crippen LogP contribution in [0.15, 0.2) is 60.7 Å². The molecular formula is C18H17N3O4. The fourth-order valence-corrected chi connectivity index (χ4v) is 2.31. The van der Waals surface area contributed by atoms with Gasteiger partial charge in [0.25, 0.3) is 0 Å². The van der Waals surface area contributed by atoms with E-state index in [9.17, 15) is 9.90 Å². The average Bonchev–Trinajstić information content (AvgIpc) is 3.04. The zero-order valence-electron chi connectivity index (χ0n) is 13.6. The maximum absolute atomic E-state index is 11.3. The van der Waals surface area contributed by atoms with Crippen molar-refractivity contribution in [1.82, 2.24) is 15.0 Å². The van der Waals surface area contributed by atoms with E-state index in [2.05, 4.69) is 10.3 Å². The van der Waals surface area contributed by atoms with Crippen LogP contribution in [-0.2, 0) is 9.53 Å². The zero-order valence-corrected chi connectivity index (χ0v) is 13.6. The third-order valence-corrected chi connectivity index (χ3v) is 3.38. The van der Waals surface area contributed by atoms with Gasteiger partial charge in [-0.05, 0) is 31.2 Å². The molecule has 1 heterocycles. The van der Waals surface area contributed by atoms with Gasteiger partial charge in [-0.25, -0.2) is 9.48 Å². The number of ether oxygens (including phenoxy) is 2. The lowest BCUT2D eigenvalue weighted by Gasteiger charge is -2.14. The summed E-state index contributed by atoms with van der Waals surface area (Å²) in [6.45, 7) is 1.48. The molecule has 25 heavy (non-hydrogen) atoms. The number of carbonyl (C=O) groups excluding carboxylic acids is 1. The van der Waals surface area contributed by atoms with Crippen LogP contribution in [-0.4, -0.2) is 39.0 Å². The molecule has 128 valence electrons. The first-order valence-electron chi connectivity index (χ1n) is 7.73. The van der Waals surface area contributed by atoms with Crippen molar-refractivity contribution in [2.24, 2.45) is 0 Å². The van der Waals surface area contributed by atoms with Gasteiger partial charge >= 0.3 is 5.97 Å². The summed E-state index contributed by atoms with van der Waals surface area (Å²) in [5.74, 6) is -0.145. The van der Waals surface area contributed by atoms with E-state index in [0.717, 1.165) is 11.0 Å². The number of allylic oxidation sites excluding steroid dienone is 1. The highest BCUT2D eigenvalue weighted by Gasteiger charge is 2.14. The van der Waals surface area contributed by atoms with Gasteiger partial charge in [-0.3, -0.25) is 0 Å². The standard InChI is InChI=1S/C18H17N3O4/c1-2-7-17(22)25-18(23)12-24-16-11-6-5-10-15(16)21-14-9-4-3-8-13(14)19-20-21/h2-11,18,23H,12H2,1H3/b7-2+. The van der Waals surface area contributed by atoms with Crippen LogP contribution in [0.3, 0.4) is 0 Å². The third kappa shape index (κ3) is 3.84. The summed E-state index contributed by atoms with van der Waals surface area (Å²) in [6.07, 6.45) is 1.38. The van der Waals surface area contributed by atoms with Crippen LogP contribution in [0.2, 0.25) is 0 Å². The minimum Gasteiger partial charge on any atom is -0.485 e. The van der Waals surface area contributed by atoms with Crippen molar-refractivity contribution in [3.8, 4) is 11.4 Å². The Morgan fingerprint density at radius 2 is 2.00 bits per heavy atom. The number of esters is 1. The third-order valence-electron chi connectivity index (χ3n) is 3.38. The molecule has 0 saturated carbocycles. The van der Waals surface area contributed by atoms with Crippen LogP contribution in [0.25, 0.3) is 16.7 Å². The summed E-state index contributed by atoms with van der Waals surface area (Å²) in [7, 11) is 0. The second kappa shape index (κ2) is 7.59. The number of rotatable bonds is 6. The van der Waals surface area contributed by atoms with Gasteiger partial charge < -0.3 is 14.6 Å². The molecule has 3 rings (SSSR count). The summed E-state index contributed by atoms with van der Waals surface area (Å²) in [5.41, 5.74) is 2.26. The van der Waals surface area contributed by atoms with E-state index < -0.39 is 12.3 Å². The topological polar surface area (TPSA) is 86.5 Å². The highest BCUT2D eigenvalue weighted by atomic mass is 16.7. The minimum absolute atomic E-state index is 0.201. The van der Waals surface area contributed by atoms with Gasteiger partial charge in [-0.15, -0.1) is 5.10 Å². The van der Waals surface area contributed by atoms with E-state index in [1.807, 2.05) is 36.4 Å². The molecule has 7 nitrogen and oxygen atoms in total. The lowest BCUT2D eigenvalue weighted by atomic mass is 10.2. The lowest BCUT2D eigenvalue weighted by molar-refractivity contribution is -0.166. The fourth-order valence-electron chi connectivity index (χ4n) is 2.31. The van der Waals surface area contributed by atoms with Crippen molar-refractivity contribution < 1.29 is 19.4 Å². The maximum atomic E-state index is 11.3. The largest absolute Gasteiger partial charge is 0.485 e. The van der Waals surface area contributed by atoms with Crippen molar-refractivity contribution in [2.75, 3.05) is 6.61 Å². The number of benzene rings is 2. The molecule has 3 aromatic rings. The Hall–Kier alpha value is -3.19. The van der Waals surface area contributed by atoms with Gasteiger partial charge in [-0.1, -0.05) is 35.6 Å². The first-order chi connectivity index (χ1) is 12.2. The molecule has 0 bridgehead atoms. The quantitative estimate of drug-likeness (QED) is 0.421. The second-order valence-corrected chi connectivity index (χ2v) is 5.16. The molecule has 0 radical (unpaired) electrons. The average molecular weight is 339 g/mol. The smallest absolute Gasteiger partial charge is 0.332 e. The number of aliphatic hydroxyl groups is 1. The Bertz CT molecular complexity index is 904. The van der Waals surface area contributed by atoms with Gasteiger partial charge in [0.05, 0.1) is 5.52 Å². The lowest BCUT2D eigenvalue weighted by Crippen LogP contribution is -2.24. The van der Waals surface area contributed by atoms with Crippen LogP contribution >= 0.6 is 0 Å². The van der Waals surface area contributed by atoms with Crippen LogP contribution in [0, 0.1) is 0 Å². The number of aliphatic hydroxyl groups excluding tert-OH is 1. The van der Waals surface area contributed by atoms with E-state index in [-0.39, 0.29) is 6.61 Å². The van der Waals surface area contributed by atoms with Gasteiger partial charge in [0.2, 0.25) is 6.29 Å². The predicted octanol–water partition coefficient (Wildman–Crippen LogP) is 2.24. The Kier molecular flexibility index (Phi) is 5.06. The number of para-hydroxylation sites is 3. The van der Waals surface area contributed by atoms with E-state index >= 15 is 0 Å². The maximum Gasteiger partial charge on any atom is 0.332 e. The summed E-state index contributed by atoms with van der Waals surface area (Å²) >= 11 is 0. The SMILES string of the molecule is C/C=C/C(=O)OC(O)COc1ccccc1-n1nnc2ccccc21. The van der Waals surface area contributed by atoms with Crippen LogP contribution in [0.1, 0.15) is 6.92 Å². The normalized spacial score (nSPS) is 12.4. The van der Waals surface area contributed by atoms with Crippen molar-refractivity contribution >= 4 is 17.0 Å². The van der Waals surface area contributed by atoms with E-state index in [4.69, 9.17) is 9.47 Å². The molecule has 0 spiro atoms. The molecule has 0 aliphatic rings. The summed E-state index contributed by atoms with van der Waals surface area (Å²) in [5, 5.41) is 18.0. The summed E-state index contributed by atoms with van der Waals surface area (Å²) in [4.78, 5) is 11.3. The van der Waals surface area contributed by atoms with Crippen molar-refractivity contribution in [1.29, 1.82) is 0 Å². The summed E-state index contributed by atoms with van der Waals surface area (Å²) < 4.78 is 12.0. The van der Waals surface area contributed by atoms with Gasteiger partial charge in [0.15, 0.2) is 6.61 Å². The van der Waals surface area contributed by atoms with Gasteiger partial charge in [0, 0.05) is 6.08 Å². The molecule has 0 aliphatic heterocycles. The molecule has 1 atom stereocenters. The highest BCUT2D eigenvalue weighted by molar-refractivity contribution is 5.81. The second-order valence-electron chi connectivity index (χ2n) is 5.16. The minimum atomic E-state index is -1.37. The number of aromatic nitrogens is 3. The highest BCUT2D eigenvalue weighted by Crippen LogP contribution is 2.25. The van der Waals surface area contributed by atoms with Crippen LogP contribution in [0.4, 0.5) is 0 Å². The Morgan fingerprint density at radius 3 is 2.84 bits per heavy atom. The molecule has 1 aromatic heterocycles. The Morgan fingerprint density at radius 1 is 1.24 bits per heavy atom. The number of hydrogen-bond donors (Lipinski definition) is 1. The fraction of sp³-hybridized carbons (Fsp3) is 0.167. The zero-order chi connectivity index (χ0) is 17.6.